The minimum Gasteiger partial charge on any atom is -0.387 e. The van der Waals surface area contributed by atoms with Crippen molar-refractivity contribution in [2.45, 2.75) is 11.0 Å². The maximum absolute atomic E-state index is 13.4. The van der Waals surface area contributed by atoms with Crippen molar-refractivity contribution in [3.05, 3.63) is 66.0 Å². The van der Waals surface area contributed by atoms with E-state index in [0.717, 1.165) is 0 Å². The van der Waals surface area contributed by atoms with E-state index in [-0.39, 0.29) is 10.6 Å². The van der Waals surface area contributed by atoms with Gasteiger partial charge in [0.05, 0.1) is 27.6 Å². The van der Waals surface area contributed by atoms with Gasteiger partial charge in [-0.25, -0.2) is 4.39 Å². The fourth-order valence-electron chi connectivity index (χ4n) is 1.63. The minimum absolute atomic E-state index is 0.00898. The molecule has 2 nitrogen and oxygen atoms in total. The van der Waals surface area contributed by atoms with Crippen LogP contribution in [0, 0.1) is 5.82 Å². The summed E-state index contributed by atoms with van der Waals surface area (Å²) in [6.45, 7) is 0. The van der Waals surface area contributed by atoms with Gasteiger partial charge in [-0.3, -0.25) is 4.21 Å². The molecule has 18 heavy (non-hydrogen) atoms. The molecular formula is C14H13FO2S. The quantitative estimate of drug-likeness (QED) is 0.921. The molecule has 0 aliphatic heterocycles. The predicted octanol–water partition coefficient (Wildman–Crippen LogP) is 2.67. The van der Waals surface area contributed by atoms with Gasteiger partial charge in [0, 0.05) is 0 Å². The first-order valence-corrected chi connectivity index (χ1v) is 6.86. The second kappa shape index (κ2) is 5.89. The molecule has 2 aromatic carbocycles. The molecular weight excluding hydrogens is 251 g/mol. The van der Waals surface area contributed by atoms with Crippen LogP contribution in [0.4, 0.5) is 4.39 Å². The fraction of sp³-hybridized carbons (Fsp3) is 0.143. The summed E-state index contributed by atoms with van der Waals surface area (Å²) in [7, 11) is -1.55. The molecule has 0 heterocycles. The highest BCUT2D eigenvalue weighted by Gasteiger charge is 2.15. The molecule has 2 rings (SSSR count). The SMILES string of the molecule is O=S(CC(O)c1ccccc1)c1ccccc1F. The van der Waals surface area contributed by atoms with Gasteiger partial charge in [-0.05, 0) is 17.7 Å². The van der Waals surface area contributed by atoms with Crippen molar-refractivity contribution >= 4 is 10.8 Å². The van der Waals surface area contributed by atoms with Crippen molar-refractivity contribution in [1.29, 1.82) is 0 Å². The van der Waals surface area contributed by atoms with Crippen molar-refractivity contribution in [1.82, 2.24) is 0 Å². The first kappa shape index (κ1) is 12.9. The van der Waals surface area contributed by atoms with Crippen LogP contribution in [0.2, 0.25) is 0 Å². The lowest BCUT2D eigenvalue weighted by atomic mass is 10.1. The molecule has 0 bridgehead atoms. The Morgan fingerprint density at radius 1 is 1.06 bits per heavy atom. The van der Waals surface area contributed by atoms with E-state index in [9.17, 15) is 13.7 Å². The van der Waals surface area contributed by atoms with Crippen LogP contribution >= 0.6 is 0 Å². The number of hydrogen-bond acceptors (Lipinski definition) is 2. The molecule has 0 fully saturated rings. The lowest BCUT2D eigenvalue weighted by molar-refractivity contribution is 0.203. The highest BCUT2D eigenvalue weighted by Crippen LogP contribution is 2.18. The molecule has 0 amide bonds. The predicted molar refractivity (Wildman–Crippen MR) is 69.1 cm³/mol. The Balaban J connectivity index is 2.11. The number of aliphatic hydroxyl groups is 1. The lowest BCUT2D eigenvalue weighted by Gasteiger charge is -2.10. The van der Waals surface area contributed by atoms with Gasteiger partial charge in [-0.15, -0.1) is 0 Å². The number of halogens is 1. The fourth-order valence-corrected chi connectivity index (χ4v) is 2.81. The van der Waals surface area contributed by atoms with Gasteiger partial charge in [0.2, 0.25) is 0 Å². The molecule has 0 saturated carbocycles. The molecule has 4 heteroatoms. The van der Waals surface area contributed by atoms with E-state index in [2.05, 4.69) is 0 Å². The van der Waals surface area contributed by atoms with Gasteiger partial charge in [0.1, 0.15) is 5.82 Å². The van der Waals surface area contributed by atoms with Gasteiger partial charge >= 0.3 is 0 Å². The number of benzene rings is 2. The molecule has 1 N–H and O–H groups in total. The zero-order valence-corrected chi connectivity index (χ0v) is 10.4. The summed E-state index contributed by atoms with van der Waals surface area (Å²) < 4.78 is 25.4. The Hall–Kier alpha value is -1.52. The summed E-state index contributed by atoms with van der Waals surface area (Å²) in [6.07, 6.45) is -0.855. The van der Waals surface area contributed by atoms with E-state index in [1.807, 2.05) is 6.07 Å². The Bertz CT molecular complexity index is 543. The molecule has 0 aliphatic carbocycles. The first-order valence-electron chi connectivity index (χ1n) is 5.54. The van der Waals surface area contributed by atoms with Gasteiger partial charge in [-0.1, -0.05) is 42.5 Å². The van der Waals surface area contributed by atoms with E-state index in [0.29, 0.717) is 5.56 Å². The maximum Gasteiger partial charge on any atom is 0.139 e. The molecule has 94 valence electrons. The second-order valence-corrected chi connectivity index (χ2v) is 5.33. The third kappa shape index (κ3) is 3.03. The molecule has 0 saturated heterocycles. The van der Waals surface area contributed by atoms with Crippen LogP contribution in [0.3, 0.4) is 0 Å². The van der Waals surface area contributed by atoms with Gasteiger partial charge in [-0.2, -0.15) is 0 Å². The summed E-state index contributed by atoms with van der Waals surface area (Å²) in [5.41, 5.74) is 0.683. The zero-order chi connectivity index (χ0) is 13.0. The monoisotopic (exact) mass is 264 g/mol. The standard InChI is InChI=1S/C14H13FO2S/c15-12-8-4-5-9-14(12)18(17)10-13(16)11-6-2-1-3-7-11/h1-9,13,16H,10H2. The minimum atomic E-state index is -1.55. The Morgan fingerprint density at radius 3 is 2.33 bits per heavy atom. The van der Waals surface area contributed by atoms with Crippen LogP contribution in [0.15, 0.2) is 59.5 Å². The van der Waals surface area contributed by atoms with Crippen molar-refractivity contribution in [2.75, 3.05) is 5.75 Å². The highest BCUT2D eigenvalue weighted by atomic mass is 32.2. The summed E-state index contributed by atoms with van der Waals surface area (Å²) in [4.78, 5) is 0.132. The van der Waals surface area contributed by atoms with E-state index in [4.69, 9.17) is 0 Å². The second-order valence-electron chi connectivity index (χ2n) is 3.87. The van der Waals surface area contributed by atoms with Crippen LogP contribution in [0.25, 0.3) is 0 Å². The first-order chi connectivity index (χ1) is 8.68. The molecule has 2 aromatic rings. The maximum atomic E-state index is 13.4. The average Bonchev–Trinajstić information content (AvgIpc) is 2.40. The van der Waals surface area contributed by atoms with Gasteiger partial charge < -0.3 is 5.11 Å². The average molecular weight is 264 g/mol. The summed E-state index contributed by atoms with van der Waals surface area (Å²) in [5.74, 6) is -0.513. The number of aliphatic hydroxyl groups excluding tert-OH is 1. The van der Waals surface area contributed by atoms with Gasteiger partial charge in [0.25, 0.3) is 0 Å². The molecule has 0 spiro atoms. The number of hydrogen-bond donors (Lipinski definition) is 1. The lowest BCUT2D eigenvalue weighted by Crippen LogP contribution is -2.10. The van der Waals surface area contributed by atoms with Crippen LogP contribution < -0.4 is 0 Å². The Kier molecular flexibility index (Phi) is 4.23. The third-order valence-electron chi connectivity index (χ3n) is 2.58. The third-order valence-corrected chi connectivity index (χ3v) is 4.02. The van der Waals surface area contributed by atoms with Crippen LogP contribution in [-0.4, -0.2) is 15.1 Å². The van der Waals surface area contributed by atoms with Crippen molar-refractivity contribution in [3.63, 3.8) is 0 Å². The van der Waals surface area contributed by atoms with Crippen molar-refractivity contribution < 1.29 is 13.7 Å². The van der Waals surface area contributed by atoms with Gasteiger partial charge in [0.15, 0.2) is 0 Å². The highest BCUT2D eigenvalue weighted by molar-refractivity contribution is 7.85. The molecule has 2 unspecified atom stereocenters. The Labute approximate surface area is 108 Å². The molecule has 0 radical (unpaired) electrons. The molecule has 0 aliphatic rings. The number of rotatable bonds is 4. The summed E-state index contributed by atoms with van der Waals surface area (Å²) >= 11 is 0. The zero-order valence-electron chi connectivity index (χ0n) is 9.62. The largest absolute Gasteiger partial charge is 0.387 e. The van der Waals surface area contributed by atoms with Crippen LogP contribution in [-0.2, 0) is 10.8 Å². The summed E-state index contributed by atoms with van der Waals surface area (Å²) in [6, 6.07) is 14.9. The normalized spacial score (nSPS) is 14.1. The smallest absolute Gasteiger partial charge is 0.139 e. The van der Waals surface area contributed by atoms with Crippen LogP contribution in [0.1, 0.15) is 11.7 Å². The van der Waals surface area contributed by atoms with Crippen molar-refractivity contribution in [2.24, 2.45) is 0 Å². The van der Waals surface area contributed by atoms with E-state index < -0.39 is 22.7 Å². The molecule has 0 aromatic heterocycles. The van der Waals surface area contributed by atoms with E-state index in [1.54, 1.807) is 36.4 Å². The van der Waals surface area contributed by atoms with Crippen molar-refractivity contribution in [3.8, 4) is 0 Å². The topological polar surface area (TPSA) is 37.3 Å². The van der Waals surface area contributed by atoms with Crippen LogP contribution in [0.5, 0.6) is 0 Å². The summed E-state index contributed by atoms with van der Waals surface area (Å²) in [5, 5.41) is 9.93. The molecule has 2 atom stereocenters. The Morgan fingerprint density at radius 2 is 1.67 bits per heavy atom. The van der Waals surface area contributed by atoms with E-state index >= 15 is 0 Å². The van der Waals surface area contributed by atoms with E-state index in [1.165, 1.54) is 12.1 Å².